The molecule has 0 atom stereocenters. The second-order valence-electron chi connectivity index (χ2n) is 4.39. The topological polar surface area (TPSA) is 60.2 Å². The average molecular weight is 318 g/mol. The maximum Gasteiger partial charge on any atom is 0.279 e. The molecule has 0 saturated heterocycles. The van der Waals surface area contributed by atoms with Gasteiger partial charge in [-0.1, -0.05) is 23.7 Å². The van der Waals surface area contributed by atoms with Gasteiger partial charge in [-0.3, -0.25) is 14.9 Å². The largest absolute Gasteiger partial charge is 0.289 e. The van der Waals surface area contributed by atoms with E-state index in [1.807, 2.05) is 12.1 Å². The molecule has 0 aliphatic rings. The molecule has 0 amide bonds. The van der Waals surface area contributed by atoms with Crippen LogP contribution >= 0.6 is 22.9 Å². The lowest BCUT2D eigenvalue weighted by atomic mass is 10.1. The Morgan fingerprint density at radius 3 is 2.62 bits per heavy atom. The van der Waals surface area contributed by atoms with Gasteiger partial charge < -0.3 is 0 Å². The Morgan fingerprint density at radius 2 is 1.86 bits per heavy atom. The fourth-order valence-corrected chi connectivity index (χ4v) is 3.38. The Balaban J connectivity index is 2.31. The molecule has 0 aliphatic carbocycles. The van der Waals surface area contributed by atoms with Crippen LogP contribution in [0, 0.1) is 10.1 Å². The zero-order chi connectivity index (χ0) is 15.0. The smallest absolute Gasteiger partial charge is 0.279 e. The molecule has 0 saturated carbocycles. The van der Waals surface area contributed by atoms with Crippen LogP contribution in [0.1, 0.15) is 0 Å². The first-order valence-corrected chi connectivity index (χ1v) is 7.23. The molecule has 1 heterocycles. The van der Waals surface area contributed by atoms with Crippen LogP contribution in [0.2, 0.25) is 5.02 Å². The number of nitrogens with zero attached hydrogens (tertiary/aromatic N) is 1. The number of nitro benzene ring substituents is 1. The van der Waals surface area contributed by atoms with Crippen molar-refractivity contribution in [2.45, 2.75) is 0 Å². The first-order valence-electron chi connectivity index (χ1n) is 6.03. The molecule has 104 valence electrons. The van der Waals surface area contributed by atoms with Crippen LogP contribution in [0.15, 0.2) is 53.3 Å². The molecule has 0 spiro atoms. The third kappa shape index (κ3) is 2.53. The first-order chi connectivity index (χ1) is 10.1. The van der Waals surface area contributed by atoms with Gasteiger partial charge in [0.1, 0.15) is 0 Å². The van der Waals surface area contributed by atoms with Gasteiger partial charge in [-0.2, -0.15) is 0 Å². The molecule has 0 aliphatic heterocycles. The SMILES string of the molecule is O=c1cc(-c2ccc(Cl)cc2[N+](=O)[O-])sc2ccccc12. The molecule has 2 aromatic carbocycles. The van der Waals surface area contributed by atoms with Crippen molar-refractivity contribution in [2.24, 2.45) is 0 Å². The van der Waals surface area contributed by atoms with E-state index in [1.54, 1.807) is 24.3 Å². The van der Waals surface area contributed by atoms with Gasteiger partial charge in [-0.15, -0.1) is 11.3 Å². The Kier molecular flexibility index (Phi) is 3.45. The maximum atomic E-state index is 12.1. The lowest BCUT2D eigenvalue weighted by Gasteiger charge is -2.04. The van der Waals surface area contributed by atoms with E-state index in [0.717, 1.165) is 4.70 Å². The van der Waals surface area contributed by atoms with E-state index < -0.39 is 4.92 Å². The fraction of sp³-hybridized carbons (Fsp3) is 0. The summed E-state index contributed by atoms with van der Waals surface area (Å²) in [6.45, 7) is 0. The molecule has 1 aromatic heterocycles. The normalized spacial score (nSPS) is 10.7. The Hall–Kier alpha value is -2.24. The first kappa shape index (κ1) is 13.7. The predicted molar refractivity (Wildman–Crippen MR) is 85.2 cm³/mol. The van der Waals surface area contributed by atoms with Crippen molar-refractivity contribution < 1.29 is 4.92 Å². The second-order valence-corrected chi connectivity index (χ2v) is 5.91. The van der Waals surface area contributed by atoms with Crippen LogP contribution in [0.25, 0.3) is 20.5 Å². The van der Waals surface area contributed by atoms with Crippen LogP contribution in [-0.2, 0) is 0 Å². The van der Waals surface area contributed by atoms with Crippen molar-refractivity contribution in [1.29, 1.82) is 0 Å². The molecule has 3 aromatic rings. The number of nitro groups is 1. The van der Waals surface area contributed by atoms with Gasteiger partial charge in [0.05, 0.1) is 10.5 Å². The summed E-state index contributed by atoms with van der Waals surface area (Å²) in [5.41, 5.74) is 0.147. The third-order valence-electron chi connectivity index (χ3n) is 3.06. The summed E-state index contributed by atoms with van der Waals surface area (Å²) in [7, 11) is 0. The monoisotopic (exact) mass is 317 g/mol. The third-order valence-corrected chi connectivity index (χ3v) is 4.43. The van der Waals surface area contributed by atoms with Gasteiger partial charge in [-0.25, -0.2) is 0 Å². The van der Waals surface area contributed by atoms with Gasteiger partial charge in [0, 0.05) is 32.1 Å². The van der Waals surface area contributed by atoms with Crippen LogP contribution in [0.4, 0.5) is 5.69 Å². The van der Waals surface area contributed by atoms with Gasteiger partial charge in [-0.05, 0) is 24.3 Å². The summed E-state index contributed by atoms with van der Waals surface area (Å²) in [5, 5.41) is 12.1. The summed E-state index contributed by atoms with van der Waals surface area (Å²) in [6.07, 6.45) is 0. The van der Waals surface area contributed by atoms with Crippen molar-refractivity contribution >= 4 is 38.7 Å². The lowest BCUT2D eigenvalue weighted by molar-refractivity contribution is -0.384. The minimum absolute atomic E-state index is 0.103. The minimum Gasteiger partial charge on any atom is -0.289 e. The molecular weight excluding hydrogens is 310 g/mol. The highest BCUT2D eigenvalue weighted by Crippen LogP contribution is 2.35. The van der Waals surface area contributed by atoms with Crippen LogP contribution in [-0.4, -0.2) is 4.92 Å². The zero-order valence-electron chi connectivity index (χ0n) is 10.6. The van der Waals surface area contributed by atoms with E-state index in [0.29, 0.717) is 20.8 Å². The number of hydrogen-bond donors (Lipinski definition) is 0. The molecule has 21 heavy (non-hydrogen) atoms. The Bertz CT molecular complexity index is 920. The van der Waals surface area contributed by atoms with E-state index in [9.17, 15) is 14.9 Å². The molecule has 0 fully saturated rings. The summed E-state index contributed by atoms with van der Waals surface area (Å²) < 4.78 is 0.796. The minimum atomic E-state index is -0.492. The van der Waals surface area contributed by atoms with Crippen molar-refractivity contribution in [3.8, 4) is 10.4 Å². The van der Waals surface area contributed by atoms with Crippen molar-refractivity contribution in [3.63, 3.8) is 0 Å². The lowest BCUT2D eigenvalue weighted by Crippen LogP contribution is -1.99. The quantitative estimate of drug-likeness (QED) is 0.517. The molecule has 0 unspecified atom stereocenters. The Labute approximate surface area is 128 Å². The molecule has 0 N–H and O–H groups in total. The van der Waals surface area contributed by atoms with E-state index in [-0.39, 0.29) is 11.1 Å². The van der Waals surface area contributed by atoms with E-state index in [4.69, 9.17) is 11.6 Å². The van der Waals surface area contributed by atoms with E-state index in [1.165, 1.54) is 23.5 Å². The van der Waals surface area contributed by atoms with E-state index >= 15 is 0 Å². The molecule has 0 bridgehead atoms. The summed E-state index contributed by atoms with van der Waals surface area (Å²) >= 11 is 7.16. The average Bonchev–Trinajstić information content (AvgIpc) is 2.47. The maximum absolute atomic E-state index is 12.1. The zero-order valence-corrected chi connectivity index (χ0v) is 12.1. The number of hydrogen-bond acceptors (Lipinski definition) is 4. The molecule has 3 rings (SSSR count). The van der Waals surface area contributed by atoms with Gasteiger partial charge in [0.15, 0.2) is 5.43 Å². The van der Waals surface area contributed by atoms with Gasteiger partial charge in [0.25, 0.3) is 5.69 Å². The summed E-state index contributed by atoms with van der Waals surface area (Å²) in [6, 6.07) is 13.1. The molecule has 6 heteroatoms. The van der Waals surface area contributed by atoms with Gasteiger partial charge in [0.2, 0.25) is 0 Å². The fourth-order valence-electron chi connectivity index (χ4n) is 2.10. The standard InChI is InChI=1S/C15H8ClNO3S/c16-9-5-6-10(12(7-9)17(19)20)15-8-13(18)11-3-1-2-4-14(11)21-15/h1-8H. The van der Waals surface area contributed by atoms with Crippen molar-refractivity contribution in [1.82, 2.24) is 0 Å². The highest BCUT2D eigenvalue weighted by molar-refractivity contribution is 7.21. The molecule has 0 radical (unpaired) electrons. The predicted octanol–water partition coefficient (Wildman–Crippen LogP) is 4.49. The molecular formula is C15H8ClNO3S. The number of halogens is 1. The number of fused-ring (bicyclic) bond motifs is 1. The highest BCUT2D eigenvalue weighted by Gasteiger charge is 2.17. The summed E-state index contributed by atoms with van der Waals surface area (Å²) in [5.74, 6) is 0. The van der Waals surface area contributed by atoms with Crippen molar-refractivity contribution in [3.05, 3.63) is 73.9 Å². The van der Waals surface area contributed by atoms with Crippen LogP contribution in [0.5, 0.6) is 0 Å². The number of rotatable bonds is 2. The number of benzene rings is 2. The highest BCUT2D eigenvalue weighted by atomic mass is 35.5. The van der Waals surface area contributed by atoms with Crippen LogP contribution < -0.4 is 5.43 Å². The van der Waals surface area contributed by atoms with Crippen LogP contribution in [0.3, 0.4) is 0 Å². The van der Waals surface area contributed by atoms with E-state index in [2.05, 4.69) is 0 Å². The Morgan fingerprint density at radius 1 is 1.10 bits per heavy atom. The second kappa shape index (κ2) is 5.27. The molecule has 4 nitrogen and oxygen atoms in total. The summed E-state index contributed by atoms with van der Waals surface area (Å²) in [4.78, 5) is 23.4. The van der Waals surface area contributed by atoms with Gasteiger partial charge >= 0.3 is 0 Å². The van der Waals surface area contributed by atoms with Crippen molar-refractivity contribution in [2.75, 3.05) is 0 Å².